The van der Waals surface area contributed by atoms with Crippen molar-refractivity contribution >= 4 is 38.3 Å². The zero-order chi connectivity index (χ0) is 24.6. The van der Waals surface area contributed by atoms with Gasteiger partial charge >= 0.3 is 0 Å². The second-order valence-corrected chi connectivity index (χ2v) is 10.8. The van der Waals surface area contributed by atoms with E-state index < -0.39 is 15.8 Å². The molecule has 11 heteroatoms. The Kier molecular flexibility index (Phi) is 6.28. The maximum Gasteiger partial charge on any atom is 0.232 e. The molecule has 0 radical (unpaired) electrons. The summed E-state index contributed by atoms with van der Waals surface area (Å²) in [4.78, 5) is 13.9. The molecule has 1 saturated heterocycles. The van der Waals surface area contributed by atoms with Crippen molar-refractivity contribution in [3.8, 4) is 11.1 Å². The molecule has 0 spiro atoms. The number of sulfonamides is 1. The van der Waals surface area contributed by atoms with Gasteiger partial charge in [-0.2, -0.15) is 4.98 Å². The van der Waals surface area contributed by atoms with Crippen LogP contribution in [0.25, 0.3) is 27.8 Å². The first-order valence-corrected chi connectivity index (χ1v) is 13.4. The monoisotopic (exact) mass is 497 g/mol. The first-order chi connectivity index (χ1) is 16.8. The van der Waals surface area contributed by atoms with Crippen molar-refractivity contribution in [1.29, 1.82) is 0 Å². The van der Waals surface area contributed by atoms with E-state index in [1.54, 1.807) is 19.2 Å². The average molecular weight is 498 g/mol. The molecule has 0 bridgehead atoms. The van der Waals surface area contributed by atoms with Crippen LogP contribution in [0.3, 0.4) is 0 Å². The molecule has 0 amide bonds. The summed E-state index contributed by atoms with van der Waals surface area (Å²) in [7, 11) is -3.59. The number of hydrogen-bond donors (Lipinski definition) is 3. The zero-order valence-corrected chi connectivity index (χ0v) is 20.5. The largest absolute Gasteiger partial charge is 0.350 e. The fourth-order valence-corrected chi connectivity index (χ4v) is 5.58. The Bertz CT molecular complexity index is 1500. The number of halogens is 1. The van der Waals surface area contributed by atoms with Crippen LogP contribution in [0, 0.1) is 12.7 Å². The summed E-state index contributed by atoms with van der Waals surface area (Å²) in [6, 6.07) is 6.61. The van der Waals surface area contributed by atoms with Crippen LogP contribution in [0.4, 0.5) is 16.0 Å². The van der Waals surface area contributed by atoms with Crippen LogP contribution in [0.2, 0.25) is 0 Å². The Morgan fingerprint density at radius 2 is 2.09 bits per heavy atom. The van der Waals surface area contributed by atoms with Crippen molar-refractivity contribution < 1.29 is 12.8 Å². The predicted molar refractivity (Wildman–Crippen MR) is 136 cm³/mol. The molecule has 4 heterocycles. The lowest BCUT2D eigenvalue weighted by atomic mass is 10.1. The average Bonchev–Trinajstić information content (AvgIpc) is 3.22. The van der Waals surface area contributed by atoms with Crippen LogP contribution >= 0.6 is 0 Å². The summed E-state index contributed by atoms with van der Waals surface area (Å²) < 4.78 is 43.3. The second-order valence-electron chi connectivity index (χ2n) is 8.91. The number of piperidine rings is 1. The molecule has 35 heavy (non-hydrogen) atoms. The van der Waals surface area contributed by atoms with Crippen molar-refractivity contribution in [3.05, 3.63) is 48.2 Å². The van der Waals surface area contributed by atoms with Gasteiger partial charge in [-0.15, -0.1) is 0 Å². The minimum absolute atomic E-state index is 0.0685. The molecule has 1 aromatic carbocycles. The molecule has 0 saturated carbocycles. The number of rotatable bonds is 7. The van der Waals surface area contributed by atoms with Crippen LogP contribution in [0.1, 0.15) is 31.9 Å². The zero-order valence-electron chi connectivity index (χ0n) is 19.7. The molecule has 1 aliphatic rings. The van der Waals surface area contributed by atoms with Gasteiger partial charge in [-0.3, -0.25) is 9.12 Å². The third-order valence-electron chi connectivity index (χ3n) is 6.04. The summed E-state index contributed by atoms with van der Waals surface area (Å²) in [6.45, 7) is 5.55. The van der Waals surface area contributed by atoms with Gasteiger partial charge in [-0.05, 0) is 56.5 Å². The van der Waals surface area contributed by atoms with Crippen molar-refractivity contribution in [2.45, 2.75) is 39.2 Å². The topological polar surface area (TPSA) is 113 Å². The van der Waals surface area contributed by atoms with E-state index in [-0.39, 0.29) is 17.5 Å². The number of imidazole rings is 1. The lowest BCUT2D eigenvalue weighted by Gasteiger charge is -2.23. The Balaban J connectivity index is 1.54. The van der Waals surface area contributed by atoms with Gasteiger partial charge in [0.1, 0.15) is 11.5 Å². The normalized spacial score (nSPS) is 16.6. The molecule has 1 fully saturated rings. The molecule has 1 unspecified atom stereocenters. The number of hydrogen-bond acceptors (Lipinski definition) is 7. The second kappa shape index (κ2) is 9.38. The standard InChI is InChI=1S/C24H28FN7O2S/c1-3-9-35(33,34)31-21-7-6-16(11-20(21)25)19-10-17-12-27-24(29-18-5-4-8-26-13-18)30-22(17)32-14-15(2)28-23(19)32/h6-7,10-12,14,18,26,31H,3-5,8-9,13H2,1-2H3,(H,27,29,30). The molecule has 9 nitrogen and oxygen atoms in total. The molecule has 3 N–H and O–H groups in total. The lowest BCUT2D eigenvalue weighted by Crippen LogP contribution is -2.38. The minimum Gasteiger partial charge on any atom is -0.350 e. The Hall–Kier alpha value is -3.31. The van der Waals surface area contributed by atoms with Crippen LogP contribution in [0.5, 0.6) is 0 Å². The van der Waals surface area contributed by atoms with Crippen molar-refractivity contribution in [1.82, 2.24) is 24.7 Å². The minimum atomic E-state index is -3.59. The number of anilines is 2. The molecule has 1 aliphatic heterocycles. The van der Waals surface area contributed by atoms with Crippen molar-refractivity contribution in [2.75, 3.05) is 28.9 Å². The van der Waals surface area contributed by atoms with Gasteiger partial charge < -0.3 is 10.6 Å². The van der Waals surface area contributed by atoms with Gasteiger partial charge in [0.15, 0.2) is 5.65 Å². The van der Waals surface area contributed by atoms with Crippen molar-refractivity contribution in [3.63, 3.8) is 0 Å². The smallest absolute Gasteiger partial charge is 0.232 e. The van der Waals surface area contributed by atoms with E-state index in [1.807, 2.05) is 23.6 Å². The maximum atomic E-state index is 14.9. The Labute approximate surface area is 203 Å². The van der Waals surface area contributed by atoms with Gasteiger partial charge in [0, 0.05) is 35.9 Å². The highest BCUT2D eigenvalue weighted by Crippen LogP contribution is 2.31. The molecule has 0 aliphatic carbocycles. The first kappa shape index (κ1) is 23.4. The van der Waals surface area contributed by atoms with Crippen molar-refractivity contribution in [2.24, 2.45) is 0 Å². The van der Waals surface area contributed by atoms with E-state index in [9.17, 15) is 12.8 Å². The van der Waals surface area contributed by atoms with E-state index in [0.29, 0.717) is 34.8 Å². The summed E-state index contributed by atoms with van der Waals surface area (Å²) in [5.74, 6) is -0.164. The third kappa shape index (κ3) is 4.92. The highest BCUT2D eigenvalue weighted by atomic mass is 32.2. The Morgan fingerprint density at radius 1 is 1.23 bits per heavy atom. The third-order valence-corrected chi connectivity index (χ3v) is 7.52. The van der Waals surface area contributed by atoms with E-state index >= 15 is 0 Å². The van der Waals surface area contributed by atoms with Gasteiger partial charge in [0.25, 0.3) is 0 Å². The number of nitrogens with zero attached hydrogens (tertiary/aromatic N) is 4. The highest BCUT2D eigenvalue weighted by molar-refractivity contribution is 7.92. The quantitative estimate of drug-likeness (QED) is 0.357. The molecule has 184 valence electrons. The maximum absolute atomic E-state index is 14.9. The predicted octanol–water partition coefficient (Wildman–Crippen LogP) is 3.71. The molecule has 1 atom stereocenters. The highest BCUT2D eigenvalue weighted by Gasteiger charge is 2.18. The summed E-state index contributed by atoms with van der Waals surface area (Å²) >= 11 is 0. The molecular weight excluding hydrogens is 469 g/mol. The van der Waals surface area contributed by atoms with E-state index in [1.165, 1.54) is 12.1 Å². The number of fused-ring (bicyclic) bond motifs is 3. The van der Waals surface area contributed by atoms with Crippen LogP contribution in [-0.4, -0.2) is 52.7 Å². The lowest BCUT2D eigenvalue weighted by molar-refractivity contribution is 0.478. The fraction of sp³-hybridized carbons (Fsp3) is 0.375. The van der Waals surface area contributed by atoms with Gasteiger partial charge in [0.05, 0.1) is 17.1 Å². The van der Waals surface area contributed by atoms with Gasteiger partial charge in [0.2, 0.25) is 16.0 Å². The molecule has 5 rings (SSSR count). The Morgan fingerprint density at radius 3 is 2.83 bits per heavy atom. The molecule has 3 aromatic heterocycles. The summed E-state index contributed by atoms with van der Waals surface area (Å²) in [5.41, 5.74) is 3.34. The summed E-state index contributed by atoms with van der Waals surface area (Å²) in [5, 5.41) is 7.57. The van der Waals surface area contributed by atoms with Crippen LogP contribution in [0.15, 0.2) is 36.7 Å². The number of benzene rings is 1. The van der Waals surface area contributed by atoms with E-state index in [4.69, 9.17) is 4.98 Å². The molecule has 4 aromatic rings. The van der Waals surface area contributed by atoms with E-state index in [2.05, 4.69) is 25.3 Å². The number of pyridine rings is 1. The van der Waals surface area contributed by atoms with E-state index in [0.717, 1.165) is 37.0 Å². The van der Waals surface area contributed by atoms with Crippen LogP contribution < -0.4 is 15.4 Å². The number of nitrogens with one attached hydrogen (secondary N) is 3. The number of aromatic nitrogens is 4. The summed E-state index contributed by atoms with van der Waals surface area (Å²) in [6.07, 6.45) is 6.25. The SMILES string of the molecule is CCCS(=O)(=O)Nc1ccc(-c2cc3cnc(NC4CCCNC4)nc3n3cc(C)nc23)cc1F. The first-order valence-electron chi connectivity index (χ1n) is 11.8. The van der Waals surface area contributed by atoms with Crippen LogP contribution in [-0.2, 0) is 10.0 Å². The van der Waals surface area contributed by atoms with Gasteiger partial charge in [-0.1, -0.05) is 13.0 Å². The fourth-order valence-electron chi connectivity index (χ4n) is 4.44. The number of aryl methyl sites for hydroxylation is 1. The van der Waals surface area contributed by atoms with Gasteiger partial charge in [-0.25, -0.2) is 22.8 Å². The molecular formula is C24H28FN7O2S.